The van der Waals surface area contributed by atoms with Crippen molar-refractivity contribution >= 4 is 0 Å². The number of hydrogen-bond donors (Lipinski definition) is 0. The number of nitrogens with zero attached hydrogens (tertiary/aromatic N) is 2. The summed E-state index contributed by atoms with van der Waals surface area (Å²) in [5.41, 5.74) is 3.05. The van der Waals surface area contributed by atoms with Crippen LogP contribution in [0.3, 0.4) is 0 Å². The molecular formula is C22H32N2. The van der Waals surface area contributed by atoms with E-state index in [1.165, 1.54) is 50.9 Å². The average molecular weight is 325 g/mol. The highest BCUT2D eigenvalue weighted by molar-refractivity contribution is 5.27. The normalized spacial score (nSPS) is 33.9. The summed E-state index contributed by atoms with van der Waals surface area (Å²) < 4.78 is 0. The molecule has 1 aromatic carbocycles. The maximum Gasteiger partial charge on any atom is 0.0256 e. The summed E-state index contributed by atoms with van der Waals surface area (Å²) >= 11 is 0. The zero-order valence-corrected chi connectivity index (χ0v) is 15.3. The minimum absolute atomic E-state index is 0.629. The van der Waals surface area contributed by atoms with Gasteiger partial charge in [-0.1, -0.05) is 36.4 Å². The molecule has 1 aromatic rings. The van der Waals surface area contributed by atoms with Crippen LogP contribution in [0.25, 0.3) is 0 Å². The van der Waals surface area contributed by atoms with Crippen LogP contribution < -0.4 is 0 Å². The third-order valence-corrected chi connectivity index (χ3v) is 6.48. The first kappa shape index (κ1) is 16.4. The second kappa shape index (κ2) is 7.01. The summed E-state index contributed by atoms with van der Waals surface area (Å²) in [4.78, 5) is 5.24. The highest BCUT2D eigenvalue weighted by atomic mass is 15.2. The topological polar surface area (TPSA) is 6.48 Å². The van der Waals surface area contributed by atoms with Gasteiger partial charge < -0.3 is 0 Å². The molecule has 2 heterocycles. The van der Waals surface area contributed by atoms with Gasteiger partial charge in [0.25, 0.3) is 0 Å². The van der Waals surface area contributed by atoms with Crippen LogP contribution in [0.15, 0.2) is 36.4 Å². The Balaban J connectivity index is 1.26. The predicted molar refractivity (Wildman–Crippen MR) is 101 cm³/mol. The summed E-state index contributed by atoms with van der Waals surface area (Å²) in [6.45, 7) is 9.65. The number of rotatable bonds is 5. The Morgan fingerprint density at radius 3 is 2.17 bits per heavy atom. The standard InChI is InChI=1S/C22H32N2/c1-17-5-6-18(2)24(17)16-20-13-22(14-20)21-9-7-19(8-10-21)15-23-11-3-4-12-23/h5-10,17-18,20,22H,3-4,11-16H2,1-2H3. The number of benzene rings is 1. The van der Waals surface area contributed by atoms with Crippen LogP contribution in [-0.2, 0) is 6.54 Å². The zero-order chi connectivity index (χ0) is 16.5. The summed E-state index contributed by atoms with van der Waals surface area (Å²) in [6.07, 6.45) is 10.2. The minimum Gasteiger partial charge on any atom is -0.299 e. The molecule has 0 amide bonds. The molecule has 4 rings (SSSR count). The molecule has 1 saturated heterocycles. The average Bonchev–Trinajstić information content (AvgIpc) is 3.15. The van der Waals surface area contributed by atoms with Gasteiger partial charge in [-0.2, -0.15) is 0 Å². The van der Waals surface area contributed by atoms with E-state index in [1.807, 2.05) is 0 Å². The smallest absolute Gasteiger partial charge is 0.0256 e. The first-order valence-electron chi connectivity index (χ1n) is 9.94. The molecule has 0 aromatic heterocycles. The van der Waals surface area contributed by atoms with E-state index in [0.29, 0.717) is 12.1 Å². The van der Waals surface area contributed by atoms with Crippen molar-refractivity contribution in [1.29, 1.82) is 0 Å². The van der Waals surface area contributed by atoms with Crippen molar-refractivity contribution in [2.45, 2.75) is 64.1 Å². The van der Waals surface area contributed by atoms with Gasteiger partial charge in [-0.05, 0) is 75.6 Å². The lowest BCUT2D eigenvalue weighted by Crippen LogP contribution is -2.41. The van der Waals surface area contributed by atoms with E-state index in [1.54, 1.807) is 5.56 Å². The lowest BCUT2D eigenvalue weighted by Gasteiger charge is -2.40. The molecule has 2 unspecified atom stereocenters. The summed E-state index contributed by atoms with van der Waals surface area (Å²) in [7, 11) is 0. The van der Waals surface area contributed by atoms with Gasteiger partial charge in [0.15, 0.2) is 0 Å². The zero-order valence-electron chi connectivity index (χ0n) is 15.3. The Morgan fingerprint density at radius 1 is 0.917 bits per heavy atom. The van der Waals surface area contributed by atoms with Gasteiger partial charge in [-0.15, -0.1) is 0 Å². The molecular weight excluding hydrogens is 292 g/mol. The van der Waals surface area contributed by atoms with Gasteiger partial charge in [0.2, 0.25) is 0 Å². The minimum atomic E-state index is 0.629. The van der Waals surface area contributed by atoms with E-state index in [-0.39, 0.29) is 0 Å². The van der Waals surface area contributed by atoms with Crippen LogP contribution in [0.5, 0.6) is 0 Å². The molecule has 2 heteroatoms. The maximum absolute atomic E-state index is 2.65. The van der Waals surface area contributed by atoms with Crippen molar-refractivity contribution in [2.24, 2.45) is 5.92 Å². The second-order valence-electron chi connectivity index (χ2n) is 8.32. The first-order valence-corrected chi connectivity index (χ1v) is 9.94. The van der Waals surface area contributed by atoms with Crippen LogP contribution in [0.4, 0.5) is 0 Å². The molecule has 2 nitrogen and oxygen atoms in total. The van der Waals surface area contributed by atoms with Crippen molar-refractivity contribution in [1.82, 2.24) is 9.80 Å². The van der Waals surface area contributed by atoms with Crippen molar-refractivity contribution in [3.05, 3.63) is 47.5 Å². The molecule has 2 atom stereocenters. The third-order valence-electron chi connectivity index (χ3n) is 6.48. The lowest BCUT2D eigenvalue weighted by atomic mass is 9.71. The molecule has 3 aliphatic rings. The highest BCUT2D eigenvalue weighted by Gasteiger charge is 2.34. The fraction of sp³-hybridized carbons (Fsp3) is 0.636. The monoisotopic (exact) mass is 324 g/mol. The van der Waals surface area contributed by atoms with Gasteiger partial charge in [0.05, 0.1) is 0 Å². The summed E-state index contributed by atoms with van der Waals surface area (Å²) in [6, 6.07) is 10.8. The Labute approximate surface area is 147 Å². The molecule has 1 aliphatic carbocycles. The van der Waals surface area contributed by atoms with Crippen LogP contribution in [-0.4, -0.2) is 41.5 Å². The van der Waals surface area contributed by atoms with E-state index in [4.69, 9.17) is 0 Å². The van der Waals surface area contributed by atoms with Crippen LogP contribution in [0.2, 0.25) is 0 Å². The van der Waals surface area contributed by atoms with Crippen LogP contribution in [0, 0.1) is 5.92 Å². The van der Waals surface area contributed by atoms with Gasteiger partial charge in [-0.3, -0.25) is 9.80 Å². The van der Waals surface area contributed by atoms with E-state index in [2.05, 4.69) is 60.1 Å². The molecule has 2 fully saturated rings. The molecule has 24 heavy (non-hydrogen) atoms. The van der Waals surface area contributed by atoms with Gasteiger partial charge in [-0.25, -0.2) is 0 Å². The Kier molecular flexibility index (Phi) is 4.78. The van der Waals surface area contributed by atoms with E-state index >= 15 is 0 Å². The van der Waals surface area contributed by atoms with E-state index < -0.39 is 0 Å². The maximum atomic E-state index is 2.65. The molecule has 2 aliphatic heterocycles. The molecule has 0 radical (unpaired) electrons. The van der Waals surface area contributed by atoms with Gasteiger partial charge in [0, 0.05) is 25.2 Å². The van der Waals surface area contributed by atoms with Crippen molar-refractivity contribution in [2.75, 3.05) is 19.6 Å². The molecule has 0 N–H and O–H groups in total. The lowest BCUT2D eigenvalue weighted by molar-refractivity contribution is 0.135. The summed E-state index contributed by atoms with van der Waals surface area (Å²) in [5.74, 6) is 1.70. The SMILES string of the molecule is CC1C=CC(C)N1CC1CC(c2ccc(CN3CCCC3)cc2)C1. The molecule has 0 spiro atoms. The summed E-state index contributed by atoms with van der Waals surface area (Å²) in [5, 5.41) is 0. The predicted octanol–water partition coefficient (Wildman–Crippen LogP) is 4.42. The van der Waals surface area contributed by atoms with Crippen LogP contribution >= 0.6 is 0 Å². The van der Waals surface area contributed by atoms with Crippen molar-refractivity contribution in [3.8, 4) is 0 Å². The molecule has 1 saturated carbocycles. The number of likely N-dealkylation sites (tertiary alicyclic amines) is 1. The van der Waals surface area contributed by atoms with Crippen LogP contribution in [0.1, 0.15) is 56.6 Å². The first-order chi connectivity index (χ1) is 11.7. The van der Waals surface area contributed by atoms with Crippen molar-refractivity contribution < 1.29 is 0 Å². The van der Waals surface area contributed by atoms with Crippen molar-refractivity contribution in [3.63, 3.8) is 0 Å². The van der Waals surface area contributed by atoms with Gasteiger partial charge in [0.1, 0.15) is 0 Å². The molecule has 0 bridgehead atoms. The van der Waals surface area contributed by atoms with E-state index in [0.717, 1.165) is 18.4 Å². The Morgan fingerprint density at radius 2 is 1.54 bits per heavy atom. The second-order valence-corrected chi connectivity index (χ2v) is 8.32. The highest BCUT2D eigenvalue weighted by Crippen LogP contribution is 2.42. The Bertz CT molecular complexity index is 552. The fourth-order valence-electron chi connectivity index (χ4n) is 4.80. The largest absolute Gasteiger partial charge is 0.299 e. The third kappa shape index (κ3) is 3.45. The Hall–Kier alpha value is -1.12. The number of hydrogen-bond acceptors (Lipinski definition) is 2. The van der Waals surface area contributed by atoms with E-state index in [9.17, 15) is 0 Å². The quantitative estimate of drug-likeness (QED) is 0.740. The van der Waals surface area contributed by atoms with Gasteiger partial charge >= 0.3 is 0 Å². The fourth-order valence-corrected chi connectivity index (χ4v) is 4.80. The molecule has 130 valence electrons.